The molecule has 0 N–H and O–H groups in total. The van der Waals surface area contributed by atoms with E-state index in [1.165, 1.54) is 0 Å². The van der Waals surface area contributed by atoms with E-state index in [1.807, 2.05) is 75.4 Å². The average molecular weight is 605 g/mol. The van der Waals surface area contributed by atoms with Gasteiger partial charge in [0.05, 0.1) is 18.1 Å². The van der Waals surface area contributed by atoms with Crippen molar-refractivity contribution < 1.29 is 17.9 Å². The Morgan fingerprint density at radius 1 is 0.698 bits per heavy atom. The number of benzene rings is 3. The summed E-state index contributed by atoms with van der Waals surface area (Å²) in [5, 5.41) is -0.821. The van der Waals surface area contributed by atoms with E-state index in [9.17, 15) is 8.42 Å². The van der Waals surface area contributed by atoms with Gasteiger partial charge in [0.25, 0.3) is 0 Å². The van der Waals surface area contributed by atoms with E-state index in [0.717, 1.165) is 60.9 Å². The molecule has 0 aliphatic heterocycles. The zero-order valence-corrected chi connectivity index (χ0v) is 27.2. The molecule has 0 radical (unpaired) electrons. The smallest absolute Gasteiger partial charge is 0.188 e. The lowest BCUT2D eigenvalue weighted by Gasteiger charge is -2.24. The molecule has 3 aromatic carbocycles. The summed E-state index contributed by atoms with van der Waals surface area (Å²) < 4.78 is 38.8. The summed E-state index contributed by atoms with van der Waals surface area (Å²) in [4.78, 5) is 4.83. The highest BCUT2D eigenvalue weighted by Crippen LogP contribution is 2.32. The minimum Gasteiger partial charge on any atom is -0.380 e. The number of allylic oxidation sites excluding steroid dienone is 2. The lowest BCUT2D eigenvalue weighted by Crippen LogP contribution is -2.27. The average Bonchev–Trinajstić information content (AvgIpc) is 3.02. The number of hydrogen-bond donors (Lipinski definition) is 0. The van der Waals surface area contributed by atoms with Crippen molar-refractivity contribution in [3.8, 4) is 0 Å². The fraction of sp³-hybridized carbons (Fsp3) is 0.389. The molecule has 43 heavy (non-hydrogen) atoms. The highest BCUT2D eigenvalue weighted by molar-refractivity contribution is 7.91. The Morgan fingerprint density at radius 2 is 1.21 bits per heavy atom. The van der Waals surface area contributed by atoms with Gasteiger partial charge in [0, 0.05) is 50.8 Å². The summed E-state index contributed by atoms with van der Waals surface area (Å²) in [7, 11) is -3.67. The van der Waals surface area contributed by atoms with Gasteiger partial charge in [-0.1, -0.05) is 66.3 Å². The van der Waals surface area contributed by atoms with E-state index in [0.29, 0.717) is 24.7 Å². The van der Waals surface area contributed by atoms with Gasteiger partial charge in [-0.25, -0.2) is 8.42 Å². The van der Waals surface area contributed by atoms with Crippen LogP contribution in [-0.2, 0) is 19.3 Å². The Labute approximate surface area is 259 Å². The van der Waals surface area contributed by atoms with Crippen LogP contribution in [0, 0.1) is 6.92 Å². The molecule has 0 bridgehead atoms. The first-order chi connectivity index (χ1) is 20.8. The topological polar surface area (TPSA) is 59.1 Å². The monoisotopic (exact) mass is 604 g/mol. The maximum Gasteiger partial charge on any atom is 0.188 e. The summed E-state index contributed by atoms with van der Waals surface area (Å²) >= 11 is 0. The highest BCUT2D eigenvalue weighted by atomic mass is 32.2. The fourth-order valence-corrected chi connectivity index (χ4v) is 6.47. The molecule has 0 fully saturated rings. The van der Waals surface area contributed by atoms with Gasteiger partial charge in [0.2, 0.25) is 0 Å². The lowest BCUT2D eigenvalue weighted by atomic mass is 10.1. The number of nitrogens with zero attached hydrogens (tertiary/aromatic N) is 2. The first kappa shape index (κ1) is 34.1. The summed E-state index contributed by atoms with van der Waals surface area (Å²) in [5.41, 5.74) is 4.99. The Bertz CT molecular complexity index is 1380. The van der Waals surface area contributed by atoms with Crippen LogP contribution in [0.5, 0.6) is 0 Å². The van der Waals surface area contributed by atoms with E-state index in [1.54, 1.807) is 18.2 Å². The van der Waals surface area contributed by atoms with Crippen molar-refractivity contribution in [2.24, 2.45) is 0 Å². The first-order valence-electron chi connectivity index (χ1n) is 15.3. The second-order valence-electron chi connectivity index (χ2n) is 10.3. The zero-order chi connectivity index (χ0) is 31.1. The molecule has 0 spiro atoms. The molecule has 0 aliphatic carbocycles. The van der Waals surface area contributed by atoms with Crippen LogP contribution in [0.1, 0.15) is 49.6 Å². The summed E-state index contributed by atoms with van der Waals surface area (Å²) in [6.45, 7) is 16.3. The molecule has 3 aromatic rings. The van der Waals surface area contributed by atoms with Gasteiger partial charge in [-0.15, -0.1) is 0 Å². The zero-order valence-electron chi connectivity index (χ0n) is 26.4. The molecule has 0 saturated carbocycles. The number of anilines is 2. The molecule has 232 valence electrons. The van der Waals surface area contributed by atoms with E-state index >= 15 is 0 Å². The van der Waals surface area contributed by atoms with Crippen LogP contribution in [0.2, 0.25) is 0 Å². The number of aryl methyl sites for hydroxylation is 1. The molecule has 0 saturated heterocycles. The third kappa shape index (κ3) is 10.1. The molecule has 1 unspecified atom stereocenters. The van der Waals surface area contributed by atoms with Crippen LogP contribution >= 0.6 is 0 Å². The van der Waals surface area contributed by atoms with Gasteiger partial charge < -0.3 is 19.3 Å². The van der Waals surface area contributed by atoms with Crippen LogP contribution in [-0.4, -0.2) is 61.0 Å². The van der Waals surface area contributed by atoms with Crippen LogP contribution in [0.15, 0.2) is 95.9 Å². The van der Waals surface area contributed by atoms with Crippen LogP contribution in [0.4, 0.5) is 11.4 Å². The van der Waals surface area contributed by atoms with Crippen molar-refractivity contribution in [1.29, 1.82) is 0 Å². The van der Waals surface area contributed by atoms with Gasteiger partial charge in [0.1, 0.15) is 5.25 Å². The second-order valence-corrected chi connectivity index (χ2v) is 12.3. The normalized spacial score (nSPS) is 12.7. The minimum absolute atomic E-state index is 0.313. The molecule has 0 amide bonds. The van der Waals surface area contributed by atoms with E-state index in [4.69, 9.17) is 9.47 Å². The minimum atomic E-state index is -3.67. The van der Waals surface area contributed by atoms with Crippen molar-refractivity contribution in [3.05, 3.63) is 108 Å². The molecular formula is C36H48N2O4S. The van der Waals surface area contributed by atoms with E-state index in [2.05, 4.69) is 47.9 Å². The van der Waals surface area contributed by atoms with Gasteiger partial charge in [-0.05, 0) is 82.1 Å². The SMILES string of the molecule is CCOCCN(CC)c1ccc(C=CC=CC(c2ccc(N(CC)CCOCC)cc2)S(=O)(=O)c2ccc(C)cc2)cc1. The van der Waals surface area contributed by atoms with Crippen molar-refractivity contribution in [3.63, 3.8) is 0 Å². The predicted octanol–water partition coefficient (Wildman–Crippen LogP) is 7.51. The molecule has 0 aliphatic rings. The Morgan fingerprint density at radius 3 is 1.70 bits per heavy atom. The summed E-state index contributed by atoms with van der Waals surface area (Å²) in [5.74, 6) is 0. The van der Waals surface area contributed by atoms with Crippen molar-refractivity contribution in [2.45, 2.75) is 44.8 Å². The maximum absolute atomic E-state index is 13.9. The van der Waals surface area contributed by atoms with Gasteiger partial charge in [-0.3, -0.25) is 0 Å². The molecule has 0 aromatic heterocycles. The molecule has 3 rings (SSSR count). The van der Waals surface area contributed by atoms with Gasteiger partial charge >= 0.3 is 0 Å². The number of rotatable bonds is 18. The van der Waals surface area contributed by atoms with Gasteiger partial charge in [0.15, 0.2) is 9.84 Å². The quantitative estimate of drug-likeness (QED) is 0.111. The van der Waals surface area contributed by atoms with E-state index in [-0.39, 0.29) is 0 Å². The molecule has 1 atom stereocenters. The number of hydrogen-bond acceptors (Lipinski definition) is 6. The molecule has 7 heteroatoms. The Kier molecular flexibility index (Phi) is 14.0. The predicted molar refractivity (Wildman–Crippen MR) is 181 cm³/mol. The van der Waals surface area contributed by atoms with Crippen LogP contribution in [0.3, 0.4) is 0 Å². The molecular weight excluding hydrogens is 556 g/mol. The fourth-order valence-electron chi connectivity index (χ4n) is 4.85. The third-order valence-electron chi connectivity index (χ3n) is 7.40. The Balaban J connectivity index is 1.82. The molecule has 6 nitrogen and oxygen atoms in total. The van der Waals surface area contributed by atoms with Crippen molar-refractivity contribution in [1.82, 2.24) is 0 Å². The summed E-state index contributed by atoms with van der Waals surface area (Å²) in [6, 6.07) is 23.3. The molecule has 0 heterocycles. The van der Waals surface area contributed by atoms with Gasteiger partial charge in [-0.2, -0.15) is 0 Å². The number of ether oxygens (including phenoxy) is 2. The second kappa shape index (κ2) is 17.7. The van der Waals surface area contributed by atoms with Crippen LogP contribution < -0.4 is 9.80 Å². The highest BCUT2D eigenvalue weighted by Gasteiger charge is 2.27. The van der Waals surface area contributed by atoms with Crippen molar-refractivity contribution >= 4 is 27.3 Å². The lowest BCUT2D eigenvalue weighted by molar-refractivity contribution is 0.154. The van der Waals surface area contributed by atoms with Crippen LogP contribution in [0.25, 0.3) is 6.08 Å². The Hall–Kier alpha value is -3.39. The summed E-state index contributed by atoms with van der Waals surface area (Å²) in [6.07, 6.45) is 7.50. The van der Waals surface area contributed by atoms with E-state index < -0.39 is 15.1 Å². The third-order valence-corrected chi connectivity index (χ3v) is 9.42. The first-order valence-corrected chi connectivity index (χ1v) is 16.9. The largest absolute Gasteiger partial charge is 0.380 e. The van der Waals surface area contributed by atoms with Crippen molar-refractivity contribution in [2.75, 3.05) is 62.4 Å². The number of likely N-dealkylation sites (N-methyl/N-ethyl adjacent to an activating group) is 2. The standard InChI is InChI=1S/C36H48N2O4S/c1-6-37(26-28-41-8-3)33-20-16-31(17-21-33)12-10-11-13-36(43(39,40)35-24-14-30(5)15-25-35)32-18-22-34(23-19-32)38(7-2)27-29-42-9-4/h10-25,36H,6-9,26-29H2,1-5H3. The number of sulfone groups is 1. The maximum atomic E-state index is 13.9.